The first-order valence-corrected chi connectivity index (χ1v) is 10.1. The van der Waals surface area contributed by atoms with E-state index in [2.05, 4.69) is 19.9 Å². The zero-order chi connectivity index (χ0) is 22.2. The van der Waals surface area contributed by atoms with E-state index in [1.165, 1.54) is 11.3 Å². The Morgan fingerprint density at radius 3 is 2.65 bits per heavy atom. The molecule has 7 nitrogen and oxygen atoms in total. The van der Waals surface area contributed by atoms with Gasteiger partial charge in [-0.3, -0.25) is 4.79 Å². The van der Waals surface area contributed by atoms with Crippen molar-refractivity contribution in [1.29, 1.82) is 0 Å². The number of hydrogen-bond donors (Lipinski definition) is 1. The van der Waals surface area contributed by atoms with Crippen molar-refractivity contribution < 1.29 is 18.0 Å². The second kappa shape index (κ2) is 8.06. The molecule has 160 valence electrons. The summed E-state index contributed by atoms with van der Waals surface area (Å²) < 4.78 is 41.8. The molecule has 1 aromatic carbocycles. The van der Waals surface area contributed by atoms with Crippen molar-refractivity contribution >= 4 is 27.5 Å². The van der Waals surface area contributed by atoms with Crippen LogP contribution in [0.1, 0.15) is 33.8 Å². The number of nitrogens with zero attached hydrogens (tertiary/aromatic N) is 5. The molecule has 1 atom stereocenters. The van der Waals surface area contributed by atoms with E-state index in [0.29, 0.717) is 5.52 Å². The minimum Gasteiger partial charge on any atom is -0.369 e. The second-order valence-electron chi connectivity index (χ2n) is 6.94. The molecule has 1 amide bonds. The van der Waals surface area contributed by atoms with Crippen LogP contribution in [0.25, 0.3) is 10.2 Å². The number of nitrogens with two attached hydrogens (primary N) is 1. The van der Waals surface area contributed by atoms with Crippen LogP contribution in [0.3, 0.4) is 0 Å². The zero-order valence-corrected chi connectivity index (χ0v) is 17.1. The Morgan fingerprint density at radius 2 is 1.97 bits per heavy atom. The van der Waals surface area contributed by atoms with E-state index < -0.39 is 23.7 Å². The van der Waals surface area contributed by atoms with Gasteiger partial charge in [0.05, 0.1) is 10.2 Å². The van der Waals surface area contributed by atoms with Gasteiger partial charge in [0.1, 0.15) is 28.3 Å². The average molecular weight is 446 g/mol. The molecule has 2 N–H and O–H groups in total. The third-order valence-corrected chi connectivity index (χ3v) is 5.86. The van der Waals surface area contributed by atoms with E-state index in [0.717, 1.165) is 41.2 Å². The van der Waals surface area contributed by atoms with E-state index >= 15 is 0 Å². The maximum absolute atomic E-state index is 13.0. The van der Waals surface area contributed by atoms with E-state index in [4.69, 9.17) is 5.73 Å². The zero-order valence-electron chi connectivity index (χ0n) is 16.3. The Kier molecular flexibility index (Phi) is 5.44. The number of primary amides is 1. The SMILES string of the molecule is Cn1ccnc1CCc1ccc2nc(C(C(N)=O)c3nccc(C(F)(F)F)n3)sc2c1. The maximum atomic E-state index is 13.0. The van der Waals surface area contributed by atoms with E-state index in [1.807, 2.05) is 36.0 Å². The highest BCUT2D eigenvalue weighted by atomic mass is 32.1. The predicted octanol–water partition coefficient (Wildman–Crippen LogP) is 3.24. The topological polar surface area (TPSA) is 99.6 Å². The highest BCUT2D eigenvalue weighted by Gasteiger charge is 2.35. The monoisotopic (exact) mass is 446 g/mol. The molecule has 0 bridgehead atoms. The van der Waals surface area contributed by atoms with Crippen molar-refractivity contribution in [2.75, 3.05) is 0 Å². The molecule has 0 saturated carbocycles. The molecule has 0 aliphatic carbocycles. The molecule has 0 radical (unpaired) electrons. The van der Waals surface area contributed by atoms with Crippen LogP contribution in [-0.4, -0.2) is 30.4 Å². The van der Waals surface area contributed by atoms with Gasteiger partial charge in [0.2, 0.25) is 5.91 Å². The Labute approximate surface area is 178 Å². The quantitative estimate of drug-likeness (QED) is 0.490. The minimum absolute atomic E-state index is 0.253. The Balaban J connectivity index is 1.64. The number of carbonyl (C=O) groups is 1. The van der Waals surface area contributed by atoms with Crippen molar-refractivity contribution in [3.05, 3.63) is 70.8 Å². The van der Waals surface area contributed by atoms with Gasteiger partial charge in [-0.2, -0.15) is 13.2 Å². The number of imidazole rings is 1. The lowest BCUT2D eigenvalue weighted by Gasteiger charge is -2.11. The Hall–Kier alpha value is -3.34. The highest BCUT2D eigenvalue weighted by Crippen LogP contribution is 2.33. The molecule has 3 aromatic heterocycles. The third-order valence-electron chi connectivity index (χ3n) is 4.78. The van der Waals surface area contributed by atoms with Crippen LogP contribution in [0.2, 0.25) is 0 Å². The molecule has 0 fully saturated rings. The summed E-state index contributed by atoms with van der Waals surface area (Å²) >= 11 is 1.19. The van der Waals surface area contributed by atoms with Crippen molar-refractivity contribution in [2.45, 2.75) is 24.9 Å². The smallest absolute Gasteiger partial charge is 0.369 e. The van der Waals surface area contributed by atoms with Gasteiger partial charge in [0, 0.05) is 32.1 Å². The second-order valence-corrected chi connectivity index (χ2v) is 8.00. The molecule has 11 heteroatoms. The number of halogens is 3. The lowest BCUT2D eigenvalue weighted by Crippen LogP contribution is -2.25. The number of alkyl halides is 3. The normalized spacial score (nSPS) is 12.9. The first kappa shape index (κ1) is 20.9. The number of aromatic nitrogens is 5. The Morgan fingerprint density at radius 1 is 1.16 bits per heavy atom. The van der Waals surface area contributed by atoms with Crippen molar-refractivity contribution in [3.8, 4) is 0 Å². The standard InChI is InChI=1S/C20H17F3N6OS/c1-29-9-8-25-15(29)5-3-11-2-4-12-13(10-11)31-19(27-12)16(17(24)30)18-26-7-6-14(28-18)20(21,22)23/h2,4,6-10,16H,3,5H2,1H3,(H2,24,30). The molecule has 3 heterocycles. The van der Waals surface area contributed by atoms with E-state index in [1.54, 1.807) is 6.20 Å². The first-order chi connectivity index (χ1) is 14.7. The molecule has 0 saturated heterocycles. The summed E-state index contributed by atoms with van der Waals surface area (Å²) in [4.78, 5) is 28.2. The van der Waals surface area contributed by atoms with Gasteiger partial charge in [0.15, 0.2) is 0 Å². The van der Waals surface area contributed by atoms with Gasteiger partial charge < -0.3 is 10.3 Å². The van der Waals surface area contributed by atoms with Crippen LogP contribution in [0.5, 0.6) is 0 Å². The largest absolute Gasteiger partial charge is 0.433 e. The van der Waals surface area contributed by atoms with Gasteiger partial charge in [-0.1, -0.05) is 6.07 Å². The number of rotatable bonds is 6. The first-order valence-electron chi connectivity index (χ1n) is 9.27. The molecular weight excluding hydrogens is 429 g/mol. The number of hydrogen-bond acceptors (Lipinski definition) is 6. The summed E-state index contributed by atoms with van der Waals surface area (Å²) in [6, 6.07) is 6.43. The predicted molar refractivity (Wildman–Crippen MR) is 108 cm³/mol. The van der Waals surface area contributed by atoms with Crippen LogP contribution >= 0.6 is 11.3 Å². The van der Waals surface area contributed by atoms with Crippen LogP contribution < -0.4 is 5.73 Å². The molecule has 4 aromatic rings. The van der Waals surface area contributed by atoms with Gasteiger partial charge in [-0.25, -0.2) is 19.9 Å². The number of aryl methyl sites for hydroxylation is 3. The fraction of sp³-hybridized carbons (Fsp3) is 0.250. The van der Waals surface area contributed by atoms with Crippen LogP contribution in [0, 0.1) is 0 Å². The number of amides is 1. The fourth-order valence-electron chi connectivity index (χ4n) is 3.19. The number of fused-ring (bicyclic) bond motifs is 1. The van der Waals surface area contributed by atoms with Gasteiger partial charge in [0.25, 0.3) is 0 Å². The van der Waals surface area contributed by atoms with Crippen molar-refractivity contribution in [1.82, 2.24) is 24.5 Å². The third kappa shape index (κ3) is 4.41. The van der Waals surface area contributed by atoms with E-state index in [9.17, 15) is 18.0 Å². The highest BCUT2D eigenvalue weighted by molar-refractivity contribution is 7.18. The number of thiazole rings is 1. The maximum Gasteiger partial charge on any atom is 0.433 e. The molecule has 0 spiro atoms. The number of carbonyl (C=O) groups excluding carboxylic acids is 1. The summed E-state index contributed by atoms with van der Waals surface area (Å²) in [5.41, 5.74) is 6.02. The van der Waals surface area contributed by atoms with Gasteiger partial charge in [-0.05, 0) is 30.2 Å². The molecule has 1 unspecified atom stereocenters. The lowest BCUT2D eigenvalue weighted by molar-refractivity contribution is -0.141. The summed E-state index contributed by atoms with van der Waals surface area (Å²) in [7, 11) is 1.93. The average Bonchev–Trinajstić information content (AvgIpc) is 3.31. The van der Waals surface area contributed by atoms with Crippen LogP contribution in [0.4, 0.5) is 13.2 Å². The fourth-order valence-corrected chi connectivity index (χ4v) is 4.33. The number of benzene rings is 1. The Bertz CT molecular complexity index is 1250. The molecular formula is C20H17F3N6OS. The van der Waals surface area contributed by atoms with Gasteiger partial charge in [-0.15, -0.1) is 11.3 Å². The van der Waals surface area contributed by atoms with Gasteiger partial charge >= 0.3 is 6.18 Å². The summed E-state index contributed by atoms with van der Waals surface area (Å²) in [6.07, 6.45) is 1.44. The van der Waals surface area contributed by atoms with Crippen LogP contribution in [0.15, 0.2) is 42.9 Å². The molecule has 4 rings (SSSR count). The summed E-state index contributed by atoms with van der Waals surface area (Å²) in [5.74, 6) is -1.50. The summed E-state index contributed by atoms with van der Waals surface area (Å²) in [6.45, 7) is 0. The molecule has 31 heavy (non-hydrogen) atoms. The lowest BCUT2D eigenvalue weighted by atomic mass is 10.1. The van der Waals surface area contributed by atoms with Crippen molar-refractivity contribution in [3.63, 3.8) is 0 Å². The summed E-state index contributed by atoms with van der Waals surface area (Å²) in [5, 5.41) is 0.253. The molecule has 0 aliphatic rings. The minimum atomic E-state index is -4.66. The van der Waals surface area contributed by atoms with Crippen molar-refractivity contribution in [2.24, 2.45) is 12.8 Å². The molecule has 0 aliphatic heterocycles. The van der Waals surface area contributed by atoms with Crippen LogP contribution in [-0.2, 0) is 30.9 Å². The van der Waals surface area contributed by atoms with E-state index in [-0.39, 0.29) is 10.8 Å².